The van der Waals surface area contributed by atoms with Gasteiger partial charge in [-0.05, 0) is 19.4 Å². The Labute approximate surface area is 119 Å². The van der Waals surface area contributed by atoms with Crippen molar-refractivity contribution in [2.45, 2.75) is 26.7 Å². The van der Waals surface area contributed by atoms with E-state index in [1.54, 1.807) is 0 Å². The number of nitrogens with one attached hydrogen (secondary N) is 1. The zero-order valence-corrected chi connectivity index (χ0v) is 12.1. The van der Waals surface area contributed by atoms with Gasteiger partial charge < -0.3 is 4.90 Å². The maximum absolute atomic E-state index is 12.4. The number of rotatable bonds is 6. The predicted octanol–water partition coefficient (Wildman–Crippen LogP) is 3.34. The molecule has 0 saturated heterocycles. The van der Waals surface area contributed by atoms with E-state index in [2.05, 4.69) is 17.1 Å². The van der Waals surface area contributed by atoms with Crippen molar-refractivity contribution < 1.29 is 4.79 Å². The number of amides is 1. The molecule has 0 radical (unpaired) electrons. The van der Waals surface area contributed by atoms with Crippen LogP contribution in [-0.2, 0) is 0 Å². The Kier molecular flexibility index (Phi) is 4.93. The van der Waals surface area contributed by atoms with Crippen LogP contribution in [0.3, 0.4) is 0 Å². The van der Waals surface area contributed by atoms with Crippen LogP contribution in [0.1, 0.15) is 37.2 Å². The minimum absolute atomic E-state index is 0.0237. The van der Waals surface area contributed by atoms with E-state index < -0.39 is 0 Å². The van der Waals surface area contributed by atoms with Crippen molar-refractivity contribution in [1.29, 1.82) is 0 Å². The lowest BCUT2D eigenvalue weighted by molar-refractivity contribution is 0.0756. The number of benzene rings is 1. The van der Waals surface area contributed by atoms with Gasteiger partial charge in [-0.1, -0.05) is 43.7 Å². The molecule has 1 aromatic heterocycles. The maximum Gasteiger partial charge on any atom is 0.271 e. The van der Waals surface area contributed by atoms with E-state index in [0.29, 0.717) is 5.69 Å². The van der Waals surface area contributed by atoms with Crippen LogP contribution in [0.15, 0.2) is 36.4 Å². The molecule has 0 atom stereocenters. The highest BCUT2D eigenvalue weighted by Crippen LogP contribution is 2.17. The van der Waals surface area contributed by atoms with E-state index in [9.17, 15) is 4.79 Å². The average Bonchev–Trinajstić information content (AvgIpc) is 2.98. The highest BCUT2D eigenvalue weighted by atomic mass is 16.2. The summed E-state index contributed by atoms with van der Waals surface area (Å²) in [5.74, 6) is 0.0237. The number of aromatic nitrogens is 2. The molecule has 0 saturated carbocycles. The van der Waals surface area contributed by atoms with Gasteiger partial charge in [0.05, 0.1) is 5.69 Å². The first-order valence-electron chi connectivity index (χ1n) is 7.16. The van der Waals surface area contributed by atoms with Gasteiger partial charge in [0.25, 0.3) is 5.91 Å². The Morgan fingerprint density at radius 3 is 2.65 bits per heavy atom. The van der Waals surface area contributed by atoms with Gasteiger partial charge in [0.1, 0.15) is 5.69 Å². The Morgan fingerprint density at radius 2 is 2.00 bits per heavy atom. The molecule has 2 rings (SSSR count). The van der Waals surface area contributed by atoms with Crippen molar-refractivity contribution >= 4 is 5.91 Å². The molecule has 1 heterocycles. The van der Waals surface area contributed by atoms with Crippen LogP contribution in [-0.4, -0.2) is 34.1 Å². The second-order valence-corrected chi connectivity index (χ2v) is 4.77. The molecule has 4 heteroatoms. The zero-order chi connectivity index (χ0) is 14.4. The minimum Gasteiger partial charge on any atom is -0.338 e. The largest absolute Gasteiger partial charge is 0.338 e. The molecule has 1 aromatic carbocycles. The summed E-state index contributed by atoms with van der Waals surface area (Å²) in [7, 11) is 0. The van der Waals surface area contributed by atoms with Gasteiger partial charge in [-0.25, -0.2) is 0 Å². The standard InChI is InChI=1S/C16H21N3O/c1-3-5-11-19(4-2)16(20)15-12-14(17-18-15)13-9-7-6-8-10-13/h6-10,12H,3-5,11H2,1-2H3,(H,17,18). The van der Waals surface area contributed by atoms with Gasteiger partial charge in [-0.2, -0.15) is 5.10 Å². The number of nitrogens with zero attached hydrogens (tertiary/aromatic N) is 2. The molecular formula is C16H21N3O. The van der Waals surface area contributed by atoms with Crippen LogP contribution in [0.25, 0.3) is 11.3 Å². The monoisotopic (exact) mass is 271 g/mol. The van der Waals surface area contributed by atoms with Crippen molar-refractivity contribution in [1.82, 2.24) is 15.1 Å². The highest BCUT2D eigenvalue weighted by molar-refractivity contribution is 5.93. The van der Waals surface area contributed by atoms with Gasteiger partial charge >= 0.3 is 0 Å². The summed E-state index contributed by atoms with van der Waals surface area (Å²) in [6.07, 6.45) is 2.11. The Morgan fingerprint density at radius 1 is 1.25 bits per heavy atom. The van der Waals surface area contributed by atoms with Gasteiger partial charge in [0, 0.05) is 18.7 Å². The maximum atomic E-state index is 12.4. The highest BCUT2D eigenvalue weighted by Gasteiger charge is 2.16. The Balaban J connectivity index is 2.13. The predicted molar refractivity (Wildman–Crippen MR) is 80.5 cm³/mol. The lowest BCUT2D eigenvalue weighted by Crippen LogP contribution is -2.31. The number of unbranched alkanes of at least 4 members (excludes halogenated alkanes) is 1. The SMILES string of the molecule is CCCCN(CC)C(=O)c1cc(-c2ccccc2)n[nH]1. The lowest BCUT2D eigenvalue weighted by Gasteiger charge is -2.19. The number of hydrogen-bond donors (Lipinski definition) is 1. The second-order valence-electron chi connectivity index (χ2n) is 4.77. The fourth-order valence-electron chi connectivity index (χ4n) is 2.11. The molecule has 1 amide bonds. The average molecular weight is 271 g/mol. The summed E-state index contributed by atoms with van der Waals surface area (Å²) in [5.41, 5.74) is 2.38. The van der Waals surface area contributed by atoms with E-state index in [-0.39, 0.29) is 5.91 Å². The van der Waals surface area contributed by atoms with Crippen LogP contribution in [0.5, 0.6) is 0 Å². The number of carbonyl (C=O) groups is 1. The van der Waals surface area contributed by atoms with Crippen molar-refractivity contribution in [3.05, 3.63) is 42.1 Å². The first kappa shape index (κ1) is 14.3. The lowest BCUT2D eigenvalue weighted by atomic mass is 10.1. The molecular weight excluding hydrogens is 250 g/mol. The van der Waals surface area contributed by atoms with E-state index in [0.717, 1.165) is 37.2 Å². The molecule has 1 N–H and O–H groups in total. The van der Waals surface area contributed by atoms with E-state index >= 15 is 0 Å². The number of H-pyrrole nitrogens is 1. The van der Waals surface area contributed by atoms with Crippen molar-refractivity contribution in [3.63, 3.8) is 0 Å². The molecule has 0 bridgehead atoms. The van der Waals surface area contributed by atoms with Crippen molar-refractivity contribution in [3.8, 4) is 11.3 Å². The molecule has 20 heavy (non-hydrogen) atoms. The van der Waals surface area contributed by atoms with Gasteiger partial charge in [-0.3, -0.25) is 9.89 Å². The Bertz CT molecular complexity index is 548. The quantitative estimate of drug-likeness (QED) is 0.876. The van der Waals surface area contributed by atoms with Crippen molar-refractivity contribution in [2.75, 3.05) is 13.1 Å². The smallest absolute Gasteiger partial charge is 0.271 e. The number of hydrogen-bond acceptors (Lipinski definition) is 2. The summed E-state index contributed by atoms with van der Waals surface area (Å²) in [6.45, 7) is 5.65. The first-order valence-corrected chi connectivity index (χ1v) is 7.16. The van der Waals surface area contributed by atoms with Gasteiger partial charge in [-0.15, -0.1) is 0 Å². The molecule has 2 aromatic rings. The molecule has 0 fully saturated rings. The third-order valence-corrected chi connectivity index (χ3v) is 3.33. The van der Waals surface area contributed by atoms with Gasteiger partial charge in [0.2, 0.25) is 0 Å². The minimum atomic E-state index is 0.0237. The third kappa shape index (κ3) is 3.26. The van der Waals surface area contributed by atoms with Crippen molar-refractivity contribution in [2.24, 2.45) is 0 Å². The molecule has 0 aliphatic rings. The zero-order valence-electron chi connectivity index (χ0n) is 12.1. The van der Waals surface area contributed by atoms with Crippen LogP contribution in [0.2, 0.25) is 0 Å². The summed E-state index contributed by atoms with van der Waals surface area (Å²) >= 11 is 0. The van der Waals surface area contributed by atoms with Crippen LogP contribution >= 0.6 is 0 Å². The Hall–Kier alpha value is -2.10. The topological polar surface area (TPSA) is 49.0 Å². The summed E-state index contributed by atoms with van der Waals surface area (Å²) in [4.78, 5) is 14.2. The van der Waals surface area contributed by atoms with Crippen LogP contribution in [0, 0.1) is 0 Å². The van der Waals surface area contributed by atoms with E-state index in [4.69, 9.17) is 0 Å². The van der Waals surface area contributed by atoms with Crippen LogP contribution in [0.4, 0.5) is 0 Å². The summed E-state index contributed by atoms with van der Waals surface area (Å²) in [5, 5.41) is 7.09. The summed E-state index contributed by atoms with van der Waals surface area (Å²) < 4.78 is 0. The number of aromatic amines is 1. The first-order chi connectivity index (χ1) is 9.76. The fourth-order valence-corrected chi connectivity index (χ4v) is 2.11. The fraction of sp³-hybridized carbons (Fsp3) is 0.375. The third-order valence-electron chi connectivity index (χ3n) is 3.33. The molecule has 4 nitrogen and oxygen atoms in total. The molecule has 0 unspecified atom stereocenters. The number of carbonyl (C=O) groups excluding carboxylic acids is 1. The summed E-state index contributed by atoms with van der Waals surface area (Å²) in [6, 6.07) is 11.7. The van der Waals surface area contributed by atoms with Gasteiger partial charge in [0.15, 0.2) is 0 Å². The second kappa shape index (κ2) is 6.89. The molecule has 106 valence electrons. The molecule has 0 aliphatic carbocycles. The molecule has 0 spiro atoms. The van der Waals surface area contributed by atoms with E-state index in [1.807, 2.05) is 48.2 Å². The van der Waals surface area contributed by atoms with Crippen LogP contribution < -0.4 is 0 Å². The normalized spacial score (nSPS) is 10.5. The molecule has 0 aliphatic heterocycles. The van der Waals surface area contributed by atoms with E-state index in [1.165, 1.54) is 0 Å².